The van der Waals surface area contributed by atoms with E-state index in [0.717, 1.165) is 5.56 Å². The highest BCUT2D eigenvalue weighted by atomic mass is 19.1. The Bertz CT molecular complexity index is 1280. The van der Waals surface area contributed by atoms with E-state index >= 15 is 0 Å². The fraction of sp³-hybridized carbons (Fsp3) is 0.240. The number of rotatable bonds is 5. The summed E-state index contributed by atoms with van der Waals surface area (Å²) in [5.41, 5.74) is 3.45. The normalized spacial score (nSPS) is 12.8. The number of carboxylic acid groups (broad SMARTS) is 1. The number of ether oxygens (including phenoxy) is 1. The summed E-state index contributed by atoms with van der Waals surface area (Å²) in [6.45, 7) is 7.13. The van der Waals surface area contributed by atoms with E-state index in [9.17, 15) is 14.3 Å². The van der Waals surface area contributed by atoms with Crippen molar-refractivity contribution < 1.29 is 19.0 Å². The Kier molecular flexibility index (Phi) is 5.52. The smallest absolute Gasteiger partial charge is 0.337 e. The van der Waals surface area contributed by atoms with Crippen LogP contribution < -0.4 is 0 Å². The van der Waals surface area contributed by atoms with Gasteiger partial charge in [0.05, 0.1) is 17.0 Å². The van der Waals surface area contributed by atoms with Crippen molar-refractivity contribution in [1.82, 2.24) is 14.6 Å². The maximum Gasteiger partial charge on any atom is 0.337 e. The Hall–Kier alpha value is -3.58. The summed E-state index contributed by atoms with van der Waals surface area (Å²) in [7, 11) is 0. The van der Waals surface area contributed by atoms with Crippen LogP contribution in [0.25, 0.3) is 28.2 Å². The minimum atomic E-state index is -1.28. The van der Waals surface area contributed by atoms with Gasteiger partial charge in [-0.1, -0.05) is 30.3 Å². The quantitative estimate of drug-likeness (QED) is 0.453. The van der Waals surface area contributed by atoms with Crippen LogP contribution in [0.15, 0.2) is 60.7 Å². The third kappa shape index (κ3) is 4.24. The summed E-state index contributed by atoms with van der Waals surface area (Å²) in [5, 5.41) is 14.8. The first-order valence-corrected chi connectivity index (χ1v) is 10.3. The van der Waals surface area contributed by atoms with Gasteiger partial charge < -0.3 is 9.84 Å². The molecule has 1 unspecified atom stereocenters. The fourth-order valence-electron chi connectivity index (χ4n) is 3.67. The molecule has 2 aromatic heterocycles. The topological polar surface area (TPSA) is 76.7 Å². The molecular weight excluding hydrogens is 409 g/mol. The zero-order valence-electron chi connectivity index (χ0n) is 18.3. The third-order valence-electron chi connectivity index (χ3n) is 4.97. The van der Waals surface area contributed by atoms with Crippen LogP contribution in [0.3, 0.4) is 0 Å². The van der Waals surface area contributed by atoms with Gasteiger partial charge in [-0.25, -0.2) is 18.7 Å². The van der Waals surface area contributed by atoms with Gasteiger partial charge in [0.15, 0.2) is 11.8 Å². The SMILES string of the molecule is Cc1nc2cc(-c3ccccc3)nn2c(-c2ccc(F)cc2)c1C(OC(C)(C)C)C(=O)O. The second-order valence-corrected chi connectivity index (χ2v) is 8.58. The lowest BCUT2D eigenvalue weighted by Crippen LogP contribution is -2.29. The number of hydrogen-bond acceptors (Lipinski definition) is 4. The summed E-state index contributed by atoms with van der Waals surface area (Å²) in [6.07, 6.45) is -1.28. The van der Waals surface area contributed by atoms with Crippen molar-refractivity contribution in [3.63, 3.8) is 0 Å². The van der Waals surface area contributed by atoms with Crippen molar-refractivity contribution in [3.05, 3.63) is 77.7 Å². The highest BCUT2D eigenvalue weighted by Gasteiger charge is 2.33. The molecule has 0 saturated carbocycles. The number of fused-ring (bicyclic) bond motifs is 1. The molecule has 4 aromatic rings. The Balaban J connectivity index is 2.04. The number of aliphatic carboxylic acids is 1. The number of aromatic nitrogens is 3. The second kappa shape index (κ2) is 8.16. The van der Waals surface area contributed by atoms with Crippen LogP contribution in [0.4, 0.5) is 4.39 Å². The summed E-state index contributed by atoms with van der Waals surface area (Å²) in [4.78, 5) is 16.9. The number of nitrogens with zero attached hydrogens (tertiary/aromatic N) is 3. The monoisotopic (exact) mass is 433 g/mol. The van der Waals surface area contributed by atoms with Gasteiger partial charge in [-0.2, -0.15) is 5.10 Å². The van der Waals surface area contributed by atoms with Crippen LogP contribution in [0.1, 0.15) is 38.1 Å². The number of hydrogen-bond donors (Lipinski definition) is 1. The molecule has 0 aliphatic heterocycles. The first-order valence-electron chi connectivity index (χ1n) is 10.3. The summed E-state index contributed by atoms with van der Waals surface area (Å²) in [6, 6.07) is 17.4. The summed E-state index contributed by atoms with van der Waals surface area (Å²) < 4.78 is 21.2. The Morgan fingerprint density at radius 3 is 2.31 bits per heavy atom. The largest absolute Gasteiger partial charge is 0.479 e. The average molecular weight is 433 g/mol. The maximum atomic E-state index is 13.7. The van der Waals surface area contributed by atoms with E-state index in [0.29, 0.717) is 33.9 Å². The highest BCUT2D eigenvalue weighted by molar-refractivity contribution is 5.81. The Labute approximate surface area is 185 Å². The van der Waals surface area contributed by atoms with E-state index in [2.05, 4.69) is 4.98 Å². The molecule has 0 aliphatic rings. The third-order valence-corrected chi connectivity index (χ3v) is 4.97. The number of carboxylic acids is 1. The summed E-state index contributed by atoms with van der Waals surface area (Å²) in [5.74, 6) is -1.52. The molecular formula is C25H24FN3O3. The highest BCUT2D eigenvalue weighted by Crippen LogP contribution is 2.36. The van der Waals surface area contributed by atoms with Crippen LogP contribution in [-0.2, 0) is 9.53 Å². The van der Waals surface area contributed by atoms with Crippen molar-refractivity contribution in [2.75, 3.05) is 0 Å². The van der Waals surface area contributed by atoms with Gasteiger partial charge in [-0.05, 0) is 52.0 Å². The fourth-order valence-corrected chi connectivity index (χ4v) is 3.67. The van der Waals surface area contributed by atoms with Crippen LogP contribution in [-0.4, -0.2) is 31.3 Å². The molecule has 0 bridgehead atoms. The average Bonchev–Trinajstić information content (AvgIpc) is 3.15. The molecule has 6 nitrogen and oxygen atoms in total. The molecule has 1 atom stereocenters. The number of carbonyl (C=O) groups is 1. The van der Waals surface area contributed by atoms with E-state index in [-0.39, 0.29) is 5.82 Å². The van der Waals surface area contributed by atoms with Gasteiger partial charge in [-0.3, -0.25) is 0 Å². The van der Waals surface area contributed by atoms with Crippen molar-refractivity contribution in [2.45, 2.75) is 39.4 Å². The molecule has 0 saturated heterocycles. The lowest BCUT2D eigenvalue weighted by Gasteiger charge is -2.27. The molecule has 2 aromatic carbocycles. The van der Waals surface area contributed by atoms with Gasteiger partial charge in [-0.15, -0.1) is 0 Å². The zero-order valence-corrected chi connectivity index (χ0v) is 18.3. The first-order chi connectivity index (χ1) is 15.1. The molecule has 32 heavy (non-hydrogen) atoms. The van der Waals surface area contributed by atoms with Crippen LogP contribution in [0, 0.1) is 12.7 Å². The van der Waals surface area contributed by atoms with Crippen molar-refractivity contribution in [1.29, 1.82) is 0 Å². The predicted molar refractivity (Wildman–Crippen MR) is 120 cm³/mol. The standard InChI is InChI=1S/C25H24FN3O3/c1-15-21(23(24(30)31)32-25(2,3)4)22(17-10-12-18(26)13-11-17)29-20(27-15)14-19(28-29)16-8-6-5-7-9-16/h5-14,23H,1-4H3,(H,30,31). The van der Waals surface area contributed by atoms with Crippen molar-refractivity contribution in [3.8, 4) is 22.5 Å². The summed E-state index contributed by atoms with van der Waals surface area (Å²) >= 11 is 0. The molecule has 0 aliphatic carbocycles. The number of halogens is 1. The van der Waals surface area contributed by atoms with Crippen LogP contribution in [0.2, 0.25) is 0 Å². The lowest BCUT2D eigenvalue weighted by atomic mass is 9.99. The Morgan fingerprint density at radius 1 is 1.06 bits per heavy atom. The van der Waals surface area contributed by atoms with Gasteiger partial charge >= 0.3 is 5.97 Å². The molecule has 0 amide bonds. The number of benzene rings is 2. The lowest BCUT2D eigenvalue weighted by molar-refractivity contribution is -0.160. The predicted octanol–water partition coefficient (Wildman–Crippen LogP) is 5.45. The van der Waals surface area contributed by atoms with Gasteiger partial charge in [0.1, 0.15) is 5.82 Å². The Morgan fingerprint density at radius 2 is 1.72 bits per heavy atom. The van der Waals surface area contributed by atoms with E-state index in [1.807, 2.05) is 36.4 Å². The van der Waals surface area contributed by atoms with Crippen molar-refractivity contribution >= 4 is 11.6 Å². The molecule has 2 heterocycles. The van der Waals surface area contributed by atoms with Gasteiger partial charge in [0.2, 0.25) is 0 Å². The van der Waals surface area contributed by atoms with Gasteiger partial charge in [0.25, 0.3) is 0 Å². The van der Waals surface area contributed by atoms with Crippen LogP contribution >= 0.6 is 0 Å². The first kappa shape index (κ1) is 21.6. The van der Waals surface area contributed by atoms with E-state index in [4.69, 9.17) is 9.84 Å². The zero-order chi connectivity index (χ0) is 23.0. The molecule has 0 radical (unpaired) electrons. The molecule has 4 rings (SSSR count). The molecule has 0 spiro atoms. The minimum absolute atomic E-state index is 0.384. The van der Waals surface area contributed by atoms with Gasteiger partial charge in [0, 0.05) is 28.5 Å². The molecule has 1 N–H and O–H groups in total. The van der Waals surface area contributed by atoms with E-state index in [1.165, 1.54) is 12.1 Å². The van der Waals surface area contributed by atoms with Crippen LogP contribution in [0.5, 0.6) is 0 Å². The number of aryl methyl sites for hydroxylation is 1. The van der Waals surface area contributed by atoms with E-state index in [1.54, 1.807) is 44.3 Å². The van der Waals surface area contributed by atoms with Crippen molar-refractivity contribution in [2.24, 2.45) is 0 Å². The molecule has 0 fully saturated rings. The molecule has 164 valence electrons. The maximum absolute atomic E-state index is 13.7. The van der Waals surface area contributed by atoms with E-state index < -0.39 is 17.7 Å². The minimum Gasteiger partial charge on any atom is -0.479 e. The second-order valence-electron chi connectivity index (χ2n) is 8.58. The molecule has 7 heteroatoms.